The number of fused-ring (bicyclic) bond motifs is 1. The van der Waals surface area contributed by atoms with Crippen LogP contribution in [0.5, 0.6) is 11.5 Å². The topological polar surface area (TPSA) is 120 Å². The number of rotatable bonds is 13. The first-order chi connectivity index (χ1) is 20.7. The summed E-state index contributed by atoms with van der Waals surface area (Å²) in [6, 6.07) is 16.3. The lowest BCUT2D eigenvalue weighted by Gasteiger charge is -2.22. The number of nitrogens with one attached hydrogen (secondary N) is 1. The van der Waals surface area contributed by atoms with Gasteiger partial charge in [0.1, 0.15) is 22.9 Å². The predicted octanol–water partition coefficient (Wildman–Crippen LogP) is 8.06. The number of aliphatic hydroxyl groups is 1. The Balaban J connectivity index is 1.45. The first-order valence-corrected chi connectivity index (χ1v) is 14.4. The third-order valence-corrected chi connectivity index (χ3v) is 7.67. The van der Waals surface area contributed by atoms with Crippen molar-refractivity contribution in [3.63, 3.8) is 0 Å². The van der Waals surface area contributed by atoms with E-state index in [2.05, 4.69) is 51.1 Å². The van der Waals surface area contributed by atoms with E-state index in [0.717, 1.165) is 48.3 Å². The van der Waals surface area contributed by atoms with E-state index in [-0.39, 0.29) is 17.9 Å². The number of amides is 1. The lowest BCUT2D eigenvalue weighted by atomic mass is 9.84. The van der Waals surface area contributed by atoms with Crippen molar-refractivity contribution in [3.8, 4) is 11.5 Å². The fourth-order valence-electron chi connectivity index (χ4n) is 4.92. The molecular formula is C33H40N6O4. The summed E-state index contributed by atoms with van der Waals surface area (Å²) in [6.07, 6.45) is 3.60. The molecule has 1 aliphatic rings. The zero-order valence-corrected chi connectivity index (χ0v) is 25.6. The maximum absolute atomic E-state index is 12.4. The molecule has 0 spiro atoms. The third kappa shape index (κ3) is 7.26. The Morgan fingerprint density at radius 1 is 0.860 bits per heavy atom. The molecule has 10 nitrogen and oxygen atoms in total. The Hall–Kier alpha value is -4.57. The lowest BCUT2D eigenvalue weighted by molar-refractivity contribution is 0.0953. The van der Waals surface area contributed by atoms with Crippen LogP contribution in [-0.2, 0) is 5.41 Å². The zero-order valence-electron chi connectivity index (χ0n) is 25.6. The molecule has 0 bridgehead atoms. The zero-order chi connectivity index (χ0) is 31.0. The second-order valence-corrected chi connectivity index (χ2v) is 10.9. The van der Waals surface area contributed by atoms with Crippen LogP contribution in [0.4, 0.5) is 28.4 Å². The predicted molar refractivity (Wildman–Crippen MR) is 169 cm³/mol. The van der Waals surface area contributed by atoms with E-state index < -0.39 is 0 Å². The SMILES string of the molecule is C=C1N(C)c2ccc(/N=N\c3cc(OC)c(/N=N\c4ccc(C(=O)NCCCCCCO)cc4)cc3OC)cc2C1(C)C. The molecular weight excluding hydrogens is 544 g/mol. The highest BCUT2D eigenvalue weighted by atomic mass is 16.5. The van der Waals surface area contributed by atoms with Gasteiger partial charge in [0, 0.05) is 54.7 Å². The molecule has 0 atom stereocenters. The number of hydrogen-bond acceptors (Lipinski definition) is 9. The number of aliphatic hydroxyl groups excluding tert-OH is 1. The minimum atomic E-state index is -0.197. The molecule has 10 heteroatoms. The van der Waals surface area contributed by atoms with Crippen LogP contribution in [0.3, 0.4) is 0 Å². The van der Waals surface area contributed by atoms with Gasteiger partial charge in [0.25, 0.3) is 5.91 Å². The molecule has 0 fully saturated rings. The van der Waals surface area contributed by atoms with Gasteiger partial charge in [-0.3, -0.25) is 4.79 Å². The number of methoxy groups -OCH3 is 2. The van der Waals surface area contributed by atoms with Crippen LogP contribution in [0.15, 0.2) is 87.3 Å². The Bertz CT molecular complexity index is 1510. The molecule has 0 aromatic heterocycles. The highest BCUT2D eigenvalue weighted by molar-refractivity contribution is 5.94. The van der Waals surface area contributed by atoms with Crippen molar-refractivity contribution in [2.45, 2.75) is 44.9 Å². The van der Waals surface area contributed by atoms with Crippen molar-refractivity contribution in [2.75, 3.05) is 39.3 Å². The summed E-state index contributed by atoms with van der Waals surface area (Å²) in [6.45, 7) is 9.35. The fourth-order valence-corrected chi connectivity index (χ4v) is 4.92. The fraction of sp³-hybridized carbons (Fsp3) is 0.364. The van der Waals surface area contributed by atoms with Crippen LogP contribution < -0.4 is 19.7 Å². The number of carbonyl (C=O) groups is 1. The highest BCUT2D eigenvalue weighted by Gasteiger charge is 2.37. The molecule has 43 heavy (non-hydrogen) atoms. The van der Waals surface area contributed by atoms with E-state index in [4.69, 9.17) is 14.6 Å². The minimum absolute atomic E-state index is 0.136. The first-order valence-electron chi connectivity index (χ1n) is 14.4. The number of likely N-dealkylation sites (N-methyl/N-ethyl adjacent to an activating group) is 1. The Labute approximate surface area is 253 Å². The number of nitrogens with zero attached hydrogens (tertiary/aromatic N) is 5. The van der Waals surface area contributed by atoms with Crippen molar-refractivity contribution in [2.24, 2.45) is 20.5 Å². The molecule has 1 heterocycles. The molecule has 0 radical (unpaired) electrons. The minimum Gasteiger partial charge on any atom is -0.494 e. The van der Waals surface area contributed by atoms with Gasteiger partial charge >= 0.3 is 0 Å². The molecule has 3 aromatic carbocycles. The normalized spacial score (nSPS) is 14.0. The van der Waals surface area contributed by atoms with E-state index in [1.807, 2.05) is 25.2 Å². The van der Waals surface area contributed by atoms with Crippen LogP contribution in [0, 0.1) is 0 Å². The number of anilines is 1. The summed E-state index contributed by atoms with van der Waals surface area (Å²) in [5, 5.41) is 29.4. The highest BCUT2D eigenvalue weighted by Crippen LogP contribution is 2.47. The molecule has 0 aliphatic carbocycles. The maximum Gasteiger partial charge on any atom is 0.251 e. The molecule has 0 unspecified atom stereocenters. The second kappa shape index (κ2) is 14.1. The standard InChI is InChI=1S/C33H40N6O4/c1-22-33(2,3)26-19-25(15-16-29(26)39(22)4)36-38-28-21-30(42-5)27(20-31(28)43-6)37-35-24-13-11-23(12-14-24)32(41)34-17-9-7-8-10-18-40/h11-16,19-21,40H,1,7-10,17-18H2,2-6H3,(H,34,41)/b37-35-,38-36-. The molecule has 1 aliphatic heterocycles. The average molecular weight is 585 g/mol. The van der Waals surface area contributed by atoms with Gasteiger partial charge in [-0.15, -0.1) is 10.2 Å². The first kappa shape index (κ1) is 31.4. The van der Waals surface area contributed by atoms with E-state index >= 15 is 0 Å². The van der Waals surface area contributed by atoms with Crippen molar-refractivity contribution in [3.05, 3.63) is 78.0 Å². The number of benzene rings is 3. The Morgan fingerprint density at radius 2 is 1.44 bits per heavy atom. The molecule has 2 N–H and O–H groups in total. The summed E-state index contributed by atoms with van der Waals surface area (Å²) in [4.78, 5) is 14.5. The van der Waals surface area contributed by atoms with Gasteiger partial charge in [-0.1, -0.05) is 33.3 Å². The quantitative estimate of drug-likeness (QED) is 0.155. The summed E-state index contributed by atoms with van der Waals surface area (Å²) in [7, 11) is 5.13. The number of azo groups is 2. The lowest BCUT2D eigenvalue weighted by Crippen LogP contribution is -2.24. The third-order valence-electron chi connectivity index (χ3n) is 7.67. The van der Waals surface area contributed by atoms with E-state index in [1.165, 1.54) is 0 Å². The maximum atomic E-state index is 12.4. The van der Waals surface area contributed by atoms with Gasteiger partial charge in [0.15, 0.2) is 0 Å². The van der Waals surface area contributed by atoms with Crippen molar-refractivity contribution in [1.82, 2.24) is 5.32 Å². The van der Waals surface area contributed by atoms with Gasteiger partial charge in [-0.25, -0.2) is 0 Å². The van der Waals surface area contributed by atoms with Gasteiger partial charge in [0.05, 0.1) is 25.6 Å². The molecule has 3 aromatic rings. The number of hydrogen-bond donors (Lipinski definition) is 2. The van der Waals surface area contributed by atoms with Crippen LogP contribution in [0.2, 0.25) is 0 Å². The summed E-state index contributed by atoms with van der Waals surface area (Å²) < 4.78 is 11.1. The number of unbranched alkanes of at least 4 members (excludes halogenated alkanes) is 3. The summed E-state index contributed by atoms with van der Waals surface area (Å²) in [5.41, 5.74) is 5.90. The smallest absolute Gasteiger partial charge is 0.251 e. The van der Waals surface area contributed by atoms with Crippen LogP contribution in [0.1, 0.15) is 55.5 Å². The number of carbonyl (C=O) groups excluding carboxylic acids is 1. The van der Waals surface area contributed by atoms with Crippen LogP contribution in [-0.4, -0.2) is 45.4 Å². The van der Waals surface area contributed by atoms with Gasteiger partial charge in [-0.05, 0) is 60.9 Å². The molecule has 1 amide bonds. The number of allylic oxidation sites excluding steroid dienone is 1. The van der Waals surface area contributed by atoms with Crippen molar-refractivity contribution in [1.29, 1.82) is 0 Å². The van der Waals surface area contributed by atoms with E-state index in [1.54, 1.807) is 50.6 Å². The van der Waals surface area contributed by atoms with Gasteiger partial charge < -0.3 is 24.8 Å². The van der Waals surface area contributed by atoms with E-state index in [9.17, 15) is 4.79 Å². The van der Waals surface area contributed by atoms with E-state index in [0.29, 0.717) is 40.7 Å². The van der Waals surface area contributed by atoms with Crippen molar-refractivity contribution >= 4 is 34.3 Å². The second-order valence-electron chi connectivity index (χ2n) is 10.9. The summed E-state index contributed by atoms with van der Waals surface area (Å²) >= 11 is 0. The largest absolute Gasteiger partial charge is 0.494 e. The molecule has 226 valence electrons. The molecule has 0 saturated heterocycles. The van der Waals surface area contributed by atoms with Crippen LogP contribution >= 0.6 is 0 Å². The van der Waals surface area contributed by atoms with Gasteiger partial charge in [-0.2, -0.15) is 10.2 Å². The van der Waals surface area contributed by atoms with Gasteiger partial charge in [0.2, 0.25) is 0 Å². The Morgan fingerprint density at radius 3 is 2.05 bits per heavy atom. The molecule has 0 saturated carbocycles. The number of ether oxygens (including phenoxy) is 2. The average Bonchev–Trinajstić information content (AvgIpc) is 3.19. The monoisotopic (exact) mass is 584 g/mol. The molecule has 4 rings (SSSR count). The Kier molecular flexibility index (Phi) is 10.3. The van der Waals surface area contributed by atoms with Crippen molar-refractivity contribution < 1.29 is 19.4 Å². The summed E-state index contributed by atoms with van der Waals surface area (Å²) in [5.74, 6) is 0.793. The van der Waals surface area contributed by atoms with Crippen LogP contribution in [0.25, 0.3) is 0 Å².